The van der Waals surface area contributed by atoms with E-state index in [0.717, 1.165) is 9.37 Å². The fourth-order valence-electron chi connectivity index (χ4n) is 1.68. The first-order valence-corrected chi connectivity index (χ1v) is 7.63. The smallest absolute Gasteiger partial charge is 0.176 e. The molecule has 0 fully saturated rings. The molecule has 2 rings (SSSR count). The molecule has 0 radical (unpaired) electrons. The summed E-state index contributed by atoms with van der Waals surface area (Å²) in [5.41, 5.74) is 0.273. The Bertz CT molecular complexity index is 631. The topological polar surface area (TPSA) is 26.3 Å². The molecule has 5 heteroatoms. The summed E-state index contributed by atoms with van der Waals surface area (Å²) in [6, 6.07) is 11.6. The molecule has 0 N–H and O–H groups in total. The highest BCUT2D eigenvalue weighted by molar-refractivity contribution is 9.10. The van der Waals surface area contributed by atoms with Crippen LogP contribution in [-0.4, -0.2) is 18.6 Å². The van der Waals surface area contributed by atoms with E-state index in [-0.39, 0.29) is 17.1 Å². The van der Waals surface area contributed by atoms with Crippen LogP contribution in [-0.2, 0) is 0 Å². The van der Waals surface area contributed by atoms with E-state index in [1.807, 2.05) is 24.3 Å². The number of benzene rings is 2. The van der Waals surface area contributed by atoms with E-state index < -0.39 is 5.82 Å². The number of thioether (sulfide) groups is 1. The zero-order chi connectivity index (χ0) is 14.5. The highest BCUT2D eigenvalue weighted by Gasteiger charge is 2.13. The van der Waals surface area contributed by atoms with E-state index >= 15 is 0 Å². The Morgan fingerprint density at radius 1 is 1.30 bits per heavy atom. The zero-order valence-corrected chi connectivity index (χ0v) is 13.1. The van der Waals surface area contributed by atoms with Gasteiger partial charge in [0.25, 0.3) is 0 Å². The Hall–Kier alpha value is -1.33. The Morgan fingerprint density at radius 3 is 2.80 bits per heavy atom. The van der Waals surface area contributed by atoms with Crippen LogP contribution in [0.1, 0.15) is 10.4 Å². The molecule has 0 saturated carbocycles. The van der Waals surface area contributed by atoms with Crippen molar-refractivity contribution in [1.29, 1.82) is 0 Å². The second-order valence-electron chi connectivity index (χ2n) is 4.01. The SMILES string of the molecule is COc1ccc(F)cc1C(=O)CSc1cccc(Br)c1. The second-order valence-corrected chi connectivity index (χ2v) is 5.98. The van der Waals surface area contributed by atoms with Crippen molar-refractivity contribution in [2.24, 2.45) is 0 Å². The number of rotatable bonds is 5. The maximum Gasteiger partial charge on any atom is 0.176 e. The molecule has 0 aromatic heterocycles. The van der Waals surface area contributed by atoms with Gasteiger partial charge in [-0.05, 0) is 36.4 Å². The molecule has 0 atom stereocenters. The molecule has 0 saturated heterocycles. The average Bonchev–Trinajstić information content (AvgIpc) is 2.45. The minimum atomic E-state index is -0.443. The minimum Gasteiger partial charge on any atom is -0.496 e. The number of Topliss-reactive ketones (excluding diaryl/α,β-unsaturated/α-hetero) is 1. The summed E-state index contributed by atoms with van der Waals surface area (Å²) in [6.45, 7) is 0. The lowest BCUT2D eigenvalue weighted by molar-refractivity contribution is 0.101. The third-order valence-electron chi connectivity index (χ3n) is 2.63. The fraction of sp³-hybridized carbons (Fsp3) is 0.133. The van der Waals surface area contributed by atoms with Gasteiger partial charge in [0.05, 0.1) is 18.4 Å². The largest absolute Gasteiger partial charge is 0.496 e. The van der Waals surface area contributed by atoms with Gasteiger partial charge in [0, 0.05) is 9.37 Å². The van der Waals surface area contributed by atoms with Gasteiger partial charge in [-0.25, -0.2) is 4.39 Å². The van der Waals surface area contributed by atoms with Crippen molar-refractivity contribution in [2.45, 2.75) is 4.90 Å². The van der Waals surface area contributed by atoms with Crippen molar-refractivity contribution in [3.05, 3.63) is 58.3 Å². The summed E-state index contributed by atoms with van der Waals surface area (Å²) in [7, 11) is 1.46. The van der Waals surface area contributed by atoms with Crippen LogP contribution in [0.5, 0.6) is 5.75 Å². The molecule has 0 unspecified atom stereocenters. The molecule has 0 aliphatic carbocycles. The first-order chi connectivity index (χ1) is 9.60. The lowest BCUT2D eigenvalue weighted by atomic mass is 10.1. The van der Waals surface area contributed by atoms with Gasteiger partial charge >= 0.3 is 0 Å². The van der Waals surface area contributed by atoms with Gasteiger partial charge in [-0.2, -0.15) is 0 Å². The number of ether oxygens (including phenoxy) is 1. The molecule has 0 aliphatic heterocycles. The molecule has 104 valence electrons. The summed E-state index contributed by atoms with van der Waals surface area (Å²) in [4.78, 5) is 13.1. The Labute approximate surface area is 129 Å². The summed E-state index contributed by atoms with van der Waals surface area (Å²) >= 11 is 4.78. The number of carbonyl (C=O) groups excluding carboxylic acids is 1. The molecule has 2 aromatic rings. The van der Waals surface area contributed by atoms with Crippen molar-refractivity contribution >= 4 is 33.5 Å². The van der Waals surface area contributed by atoms with Crippen LogP contribution in [0.4, 0.5) is 4.39 Å². The molecule has 0 spiro atoms. The van der Waals surface area contributed by atoms with Gasteiger partial charge in [0.2, 0.25) is 0 Å². The molecule has 2 nitrogen and oxygen atoms in total. The molecule has 2 aromatic carbocycles. The Kier molecular flexibility index (Phi) is 5.20. The fourth-order valence-corrected chi connectivity index (χ4v) is 3.07. The molecular formula is C15H12BrFO2S. The van der Waals surface area contributed by atoms with Crippen LogP contribution in [0.25, 0.3) is 0 Å². The van der Waals surface area contributed by atoms with Gasteiger partial charge in [-0.3, -0.25) is 4.79 Å². The van der Waals surface area contributed by atoms with Crippen LogP contribution in [0, 0.1) is 5.82 Å². The normalized spacial score (nSPS) is 10.3. The van der Waals surface area contributed by atoms with Gasteiger partial charge in [-0.1, -0.05) is 22.0 Å². The van der Waals surface area contributed by atoms with Gasteiger partial charge in [0.15, 0.2) is 5.78 Å². The monoisotopic (exact) mass is 354 g/mol. The number of halogens is 2. The van der Waals surface area contributed by atoms with Crippen LogP contribution < -0.4 is 4.74 Å². The maximum absolute atomic E-state index is 13.2. The van der Waals surface area contributed by atoms with Crippen molar-refractivity contribution in [3.8, 4) is 5.75 Å². The van der Waals surface area contributed by atoms with Crippen molar-refractivity contribution in [3.63, 3.8) is 0 Å². The predicted octanol–water partition coefficient (Wildman–Crippen LogP) is 4.57. The first-order valence-electron chi connectivity index (χ1n) is 5.85. The van der Waals surface area contributed by atoms with E-state index in [4.69, 9.17) is 4.74 Å². The van der Waals surface area contributed by atoms with E-state index in [0.29, 0.717) is 5.75 Å². The Balaban J connectivity index is 2.10. The lowest BCUT2D eigenvalue weighted by Crippen LogP contribution is -2.05. The second kappa shape index (κ2) is 6.90. The van der Waals surface area contributed by atoms with E-state index in [1.165, 1.54) is 37.1 Å². The number of carbonyl (C=O) groups is 1. The van der Waals surface area contributed by atoms with Gasteiger partial charge in [-0.15, -0.1) is 11.8 Å². The minimum absolute atomic E-state index is 0.161. The first kappa shape index (κ1) is 15.1. The van der Waals surface area contributed by atoms with Gasteiger partial charge < -0.3 is 4.74 Å². The molecule has 20 heavy (non-hydrogen) atoms. The third-order valence-corrected chi connectivity index (χ3v) is 4.11. The van der Waals surface area contributed by atoms with Gasteiger partial charge in [0.1, 0.15) is 11.6 Å². The summed E-state index contributed by atoms with van der Waals surface area (Å²) < 4.78 is 19.3. The molecular weight excluding hydrogens is 343 g/mol. The quantitative estimate of drug-likeness (QED) is 0.581. The molecule has 0 amide bonds. The van der Waals surface area contributed by atoms with Crippen LogP contribution in [0.3, 0.4) is 0 Å². The number of methoxy groups -OCH3 is 1. The standard InChI is InChI=1S/C15H12BrFO2S/c1-19-15-6-5-11(17)8-13(15)14(18)9-20-12-4-2-3-10(16)7-12/h2-8H,9H2,1H3. The summed E-state index contributed by atoms with van der Waals surface area (Å²) in [5.74, 6) is 0.0233. The summed E-state index contributed by atoms with van der Waals surface area (Å²) in [6.07, 6.45) is 0. The van der Waals surface area contributed by atoms with E-state index in [1.54, 1.807) is 0 Å². The van der Waals surface area contributed by atoms with Crippen molar-refractivity contribution < 1.29 is 13.9 Å². The molecule has 0 aliphatic rings. The number of ketones is 1. The van der Waals surface area contributed by atoms with Crippen LogP contribution in [0.2, 0.25) is 0 Å². The van der Waals surface area contributed by atoms with Crippen molar-refractivity contribution in [2.75, 3.05) is 12.9 Å². The third kappa shape index (κ3) is 3.84. The highest BCUT2D eigenvalue weighted by atomic mass is 79.9. The lowest BCUT2D eigenvalue weighted by Gasteiger charge is -2.07. The van der Waals surface area contributed by atoms with E-state index in [2.05, 4.69) is 15.9 Å². The average molecular weight is 355 g/mol. The van der Waals surface area contributed by atoms with Crippen molar-refractivity contribution in [1.82, 2.24) is 0 Å². The molecule has 0 bridgehead atoms. The van der Waals surface area contributed by atoms with Crippen LogP contribution >= 0.6 is 27.7 Å². The predicted molar refractivity (Wildman–Crippen MR) is 82.1 cm³/mol. The maximum atomic E-state index is 13.2. The van der Waals surface area contributed by atoms with Crippen LogP contribution in [0.15, 0.2) is 51.8 Å². The zero-order valence-electron chi connectivity index (χ0n) is 10.7. The summed E-state index contributed by atoms with van der Waals surface area (Å²) in [5, 5.41) is 0. The molecule has 0 heterocycles. The number of hydrogen-bond acceptors (Lipinski definition) is 3. The number of hydrogen-bond donors (Lipinski definition) is 0. The Morgan fingerprint density at radius 2 is 2.10 bits per heavy atom. The van der Waals surface area contributed by atoms with E-state index in [9.17, 15) is 9.18 Å². The highest BCUT2D eigenvalue weighted by Crippen LogP contribution is 2.25.